The van der Waals surface area contributed by atoms with Crippen LogP contribution in [-0.2, 0) is 4.79 Å². The van der Waals surface area contributed by atoms with Gasteiger partial charge < -0.3 is 20.5 Å². The van der Waals surface area contributed by atoms with Gasteiger partial charge in [-0.05, 0) is 46.8 Å². The summed E-state index contributed by atoms with van der Waals surface area (Å²) >= 11 is 0. The van der Waals surface area contributed by atoms with Crippen LogP contribution in [0.5, 0.6) is 0 Å². The first kappa shape index (κ1) is 18.5. The van der Waals surface area contributed by atoms with E-state index in [0.29, 0.717) is 11.4 Å². The predicted molar refractivity (Wildman–Crippen MR) is 95.2 cm³/mol. The normalized spacial score (nSPS) is 12.4. The van der Waals surface area contributed by atoms with Gasteiger partial charge in [0.1, 0.15) is 11.3 Å². The molecule has 3 amide bonds. The molecule has 0 bridgehead atoms. The number of amides is 3. The Morgan fingerprint density at radius 3 is 2.36 bits per heavy atom. The van der Waals surface area contributed by atoms with Crippen LogP contribution in [0.15, 0.2) is 34.9 Å². The lowest BCUT2D eigenvalue weighted by atomic mass is 10.0. The van der Waals surface area contributed by atoms with E-state index in [-0.39, 0.29) is 11.9 Å². The molecule has 7 heteroatoms. The molecule has 25 heavy (non-hydrogen) atoms. The number of rotatable bonds is 5. The highest BCUT2D eigenvalue weighted by atomic mass is 16.5. The van der Waals surface area contributed by atoms with Crippen molar-refractivity contribution in [1.82, 2.24) is 15.8 Å². The van der Waals surface area contributed by atoms with Gasteiger partial charge in [0.2, 0.25) is 5.91 Å². The lowest BCUT2D eigenvalue weighted by Gasteiger charge is -2.27. The van der Waals surface area contributed by atoms with Gasteiger partial charge >= 0.3 is 6.03 Å². The second-order valence-corrected chi connectivity index (χ2v) is 6.50. The van der Waals surface area contributed by atoms with E-state index >= 15 is 0 Å². The van der Waals surface area contributed by atoms with Crippen LogP contribution in [0.4, 0.5) is 10.5 Å². The van der Waals surface area contributed by atoms with Crippen molar-refractivity contribution in [3.05, 3.63) is 47.3 Å². The molecule has 0 radical (unpaired) electrons. The SMILES string of the molecule is Cc1noc(C)c1[C@H](C)NC(=O)C(C)(C)NC(=O)Nc1ccccc1. The highest BCUT2D eigenvalue weighted by molar-refractivity contribution is 5.95. The fraction of sp³-hybridized carbons (Fsp3) is 0.389. The monoisotopic (exact) mass is 344 g/mol. The van der Waals surface area contributed by atoms with E-state index in [2.05, 4.69) is 21.1 Å². The summed E-state index contributed by atoms with van der Waals surface area (Å²) in [5.41, 5.74) is 1.14. The fourth-order valence-electron chi connectivity index (χ4n) is 2.58. The van der Waals surface area contributed by atoms with Crippen LogP contribution in [0, 0.1) is 13.8 Å². The Labute approximate surface area is 147 Å². The largest absolute Gasteiger partial charge is 0.361 e. The van der Waals surface area contributed by atoms with E-state index in [1.807, 2.05) is 32.0 Å². The van der Waals surface area contributed by atoms with Crippen LogP contribution in [0.1, 0.15) is 43.8 Å². The Kier molecular flexibility index (Phi) is 5.46. The number of nitrogens with one attached hydrogen (secondary N) is 3. The maximum absolute atomic E-state index is 12.6. The zero-order valence-electron chi connectivity index (χ0n) is 15.1. The molecule has 1 atom stereocenters. The summed E-state index contributed by atoms with van der Waals surface area (Å²) in [5.74, 6) is 0.362. The van der Waals surface area contributed by atoms with E-state index < -0.39 is 11.6 Å². The standard InChI is InChI=1S/C18H24N4O3/c1-11(15-12(2)22-25-13(15)3)19-16(23)18(4,5)21-17(24)20-14-9-7-6-8-10-14/h6-11H,1-5H3,(H,19,23)(H2,20,21,24)/t11-/m0/s1. The van der Waals surface area contributed by atoms with Crippen LogP contribution in [0.3, 0.4) is 0 Å². The molecule has 0 spiro atoms. The lowest BCUT2D eigenvalue weighted by Crippen LogP contribution is -2.56. The molecule has 0 saturated carbocycles. The van der Waals surface area contributed by atoms with Gasteiger partial charge in [-0.25, -0.2) is 4.79 Å². The van der Waals surface area contributed by atoms with Gasteiger partial charge in [0.05, 0.1) is 11.7 Å². The van der Waals surface area contributed by atoms with E-state index in [4.69, 9.17) is 4.52 Å². The minimum atomic E-state index is -1.09. The maximum atomic E-state index is 12.6. The van der Waals surface area contributed by atoms with Gasteiger partial charge in [0, 0.05) is 11.3 Å². The molecule has 3 N–H and O–H groups in total. The second kappa shape index (κ2) is 7.38. The number of carbonyl (C=O) groups is 2. The van der Waals surface area contributed by atoms with Gasteiger partial charge in [-0.3, -0.25) is 4.79 Å². The number of para-hydroxylation sites is 1. The number of hydrogen-bond donors (Lipinski definition) is 3. The summed E-state index contributed by atoms with van der Waals surface area (Å²) in [6.45, 7) is 8.77. The number of hydrogen-bond acceptors (Lipinski definition) is 4. The summed E-state index contributed by atoms with van der Waals surface area (Å²) < 4.78 is 5.13. The average Bonchev–Trinajstić information content (AvgIpc) is 2.86. The Morgan fingerprint density at radius 2 is 1.80 bits per heavy atom. The minimum Gasteiger partial charge on any atom is -0.361 e. The third-order valence-corrected chi connectivity index (χ3v) is 3.89. The van der Waals surface area contributed by atoms with Gasteiger partial charge in [0.25, 0.3) is 0 Å². The van der Waals surface area contributed by atoms with E-state index in [1.54, 1.807) is 32.9 Å². The highest BCUT2D eigenvalue weighted by Gasteiger charge is 2.31. The Morgan fingerprint density at radius 1 is 1.16 bits per heavy atom. The second-order valence-electron chi connectivity index (χ2n) is 6.50. The van der Waals surface area contributed by atoms with Crippen molar-refractivity contribution >= 4 is 17.6 Å². The fourth-order valence-corrected chi connectivity index (χ4v) is 2.58. The van der Waals surface area contributed by atoms with Crippen molar-refractivity contribution < 1.29 is 14.1 Å². The summed E-state index contributed by atoms with van der Waals surface area (Å²) in [7, 11) is 0. The van der Waals surface area contributed by atoms with Crippen molar-refractivity contribution in [2.75, 3.05) is 5.32 Å². The zero-order chi connectivity index (χ0) is 18.6. The number of urea groups is 1. The molecular formula is C18H24N4O3. The Hall–Kier alpha value is -2.83. The molecule has 0 unspecified atom stereocenters. The maximum Gasteiger partial charge on any atom is 0.320 e. The van der Waals surface area contributed by atoms with E-state index in [0.717, 1.165) is 11.3 Å². The molecular weight excluding hydrogens is 320 g/mol. The molecule has 0 saturated heterocycles. The van der Waals surface area contributed by atoms with Crippen LogP contribution in [-0.4, -0.2) is 22.6 Å². The first-order valence-corrected chi connectivity index (χ1v) is 8.08. The molecule has 0 aliphatic carbocycles. The van der Waals surface area contributed by atoms with Crippen molar-refractivity contribution in [1.29, 1.82) is 0 Å². The van der Waals surface area contributed by atoms with Crippen LogP contribution in [0.25, 0.3) is 0 Å². The number of nitrogens with zero attached hydrogens (tertiary/aromatic N) is 1. The smallest absolute Gasteiger partial charge is 0.320 e. The zero-order valence-corrected chi connectivity index (χ0v) is 15.1. The molecule has 134 valence electrons. The van der Waals surface area contributed by atoms with Gasteiger partial charge in [-0.1, -0.05) is 23.4 Å². The van der Waals surface area contributed by atoms with E-state index in [9.17, 15) is 9.59 Å². The molecule has 7 nitrogen and oxygen atoms in total. The van der Waals surface area contributed by atoms with Crippen LogP contribution < -0.4 is 16.0 Å². The molecule has 2 aromatic rings. The first-order chi connectivity index (χ1) is 11.7. The molecule has 0 aliphatic rings. The molecule has 2 rings (SSSR count). The van der Waals surface area contributed by atoms with Gasteiger partial charge in [-0.2, -0.15) is 0 Å². The topological polar surface area (TPSA) is 96.3 Å². The van der Waals surface area contributed by atoms with Crippen molar-refractivity contribution in [2.45, 2.75) is 46.2 Å². The van der Waals surface area contributed by atoms with Gasteiger partial charge in [-0.15, -0.1) is 0 Å². The van der Waals surface area contributed by atoms with E-state index in [1.165, 1.54) is 0 Å². The average molecular weight is 344 g/mol. The highest BCUT2D eigenvalue weighted by Crippen LogP contribution is 2.21. The summed E-state index contributed by atoms with van der Waals surface area (Å²) in [6.07, 6.45) is 0. The summed E-state index contributed by atoms with van der Waals surface area (Å²) in [6, 6.07) is 8.31. The number of carbonyl (C=O) groups excluding carboxylic acids is 2. The lowest BCUT2D eigenvalue weighted by molar-refractivity contribution is -0.126. The number of aryl methyl sites for hydroxylation is 2. The summed E-state index contributed by atoms with van der Waals surface area (Å²) in [4.78, 5) is 24.7. The number of benzene rings is 1. The molecule has 1 aromatic carbocycles. The first-order valence-electron chi connectivity index (χ1n) is 8.08. The van der Waals surface area contributed by atoms with Crippen molar-refractivity contribution in [2.24, 2.45) is 0 Å². The Bertz CT molecular complexity index is 733. The van der Waals surface area contributed by atoms with Crippen molar-refractivity contribution in [3.63, 3.8) is 0 Å². The van der Waals surface area contributed by atoms with Crippen LogP contribution in [0.2, 0.25) is 0 Å². The third kappa shape index (κ3) is 4.59. The van der Waals surface area contributed by atoms with Gasteiger partial charge in [0.15, 0.2) is 0 Å². The molecule has 1 heterocycles. The quantitative estimate of drug-likeness (QED) is 0.776. The minimum absolute atomic E-state index is 0.281. The summed E-state index contributed by atoms with van der Waals surface area (Å²) in [5, 5.41) is 12.2. The van der Waals surface area contributed by atoms with Crippen LogP contribution >= 0.6 is 0 Å². The predicted octanol–water partition coefficient (Wildman–Crippen LogP) is 3.07. The van der Waals surface area contributed by atoms with Crippen molar-refractivity contribution in [3.8, 4) is 0 Å². The number of anilines is 1. The molecule has 0 fully saturated rings. The third-order valence-electron chi connectivity index (χ3n) is 3.89. The molecule has 1 aromatic heterocycles. The molecule has 0 aliphatic heterocycles. The Balaban J connectivity index is 1.98. The number of aromatic nitrogens is 1.